The van der Waals surface area contributed by atoms with Crippen molar-refractivity contribution in [1.29, 1.82) is 0 Å². The molecular weight excluding hydrogens is 297 g/mol. The molecule has 0 spiro atoms. The molecule has 1 heterocycles. The lowest BCUT2D eigenvalue weighted by molar-refractivity contribution is -0.137. The smallest absolute Gasteiger partial charge is 0.313 e. The van der Waals surface area contributed by atoms with Crippen LogP contribution in [0, 0.1) is 0 Å². The maximum absolute atomic E-state index is 12.6. The van der Waals surface area contributed by atoms with Gasteiger partial charge in [-0.05, 0) is 44.6 Å². The summed E-state index contributed by atoms with van der Waals surface area (Å²) in [6.07, 6.45) is -1.82. The van der Waals surface area contributed by atoms with Gasteiger partial charge in [-0.25, -0.2) is 0 Å². The van der Waals surface area contributed by atoms with E-state index in [1.165, 1.54) is 36.7 Å². The molecule has 1 aromatic carbocycles. The average molecular weight is 318 g/mol. The van der Waals surface area contributed by atoms with Crippen LogP contribution in [0.5, 0.6) is 0 Å². The zero-order valence-electron chi connectivity index (χ0n) is 12.1. The highest BCUT2D eigenvalue weighted by Crippen LogP contribution is 2.31. The first-order chi connectivity index (χ1) is 9.95. The van der Waals surface area contributed by atoms with Crippen LogP contribution in [0.4, 0.5) is 13.2 Å². The highest BCUT2D eigenvalue weighted by molar-refractivity contribution is 7.99. The van der Waals surface area contributed by atoms with Gasteiger partial charge in [0.1, 0.15) is 0 Å². The second kappa shape index (κ2) is 7.51. The molecule has 6 heteroatoms. The third-order valence-corrected chi connectivity index (χ3v) is 4.57. The summed E-state index contributed by atoms with van der Waals surface area (Å²) in [5.74, 6) is 0.796. The van der Waals surface area contributed by atoms with Crippen molar-refractivity contribution in [3.05, 3.63) is 29.8 Å². The Kier molecular flexibility index (Phi) is 5.96. The molecule has 21 heavy (non-hydrogen) atoms. The minimum absolute atomic E-state index is 0.563. The van der Waals surface area contributed by atoms with Crippen molar-refractivity contribution in [3.8, 4) is 0 Å². The van der Waals surface area contributed by atoms with Crippen molar-refractivity contribution in [3.63, 3.8) is 0 Å². The summed E-state index contributed by atoms with van der Waals surface area (Å²) in [6, 6.07) is 6.11. The fourth-order valence-electron chi connectivity index (χ4n) is 2.46. The number of likely N-dealkylation sites (N-methyl/N-ethyl adjacent to an activating group) is 1. The van der Waals surface area contributed by atoms with Gasteiger partial charge in [0.15, 0.2) is 0 Å². The first-order valence-corrected chi connectivity index (χ1v) is 8.16. The molecule has 2 rings (SSSR count). The fourth-order valence-corrected chi connectivity index (χ4v) is 3.49. The van der Waals surface area contributed by atoms with Gasteiger partial charge in [0.2, 0.25) is 0 Å². The van der Waals surface area contributed by atoms with Gasteiger partial charge in [0, 0.05) is 29.8 Å². The highest BCUT2D eigenvalue weighted by atomic mass is 32.2. The molecule has 0 aliphatic carbocycles. The summed E-state index contributed by atoms with van der Waals surface area (Å²) in [7, 11) is 2.06. The summed E-state index contributed by atoms with van der Waals surface area (Å²) in [5, 5.41) is 3.45. The van der Waals surface area contributed by atoms with E-state index < -0.39 is 11.7 Å². The molecule has 118 valence electrons. The summed E-state index contributed by atoms with van der Waals surface area (Å²) in [4.78, 5) is 2.92. The lowest BCUT2D eigenvalue weighted by Crippen LogP contribution is -2.36. The van der Waals surface area contributed by atoms with E-state index >= 15 is 0 Å². The number of alkyl halides is 3. The molecule has 0 saturated carbocycles. The van der Waals surface area contributed by atoms with E-state index in [0.29, 0.717) is 10.9 Å². The van der Waals surface area contributed by atoms with Gasteiger partial charge in [-0.2, -0.15) is 13.2 Å². The highest BCUT2D eigenvalue weighted by Gasteiger charge is 2.30. The summed E-state index contributed by atoms with van der Waals surface area (Å²) in [6.45, 7) is 2.97. The molecule has 1 saturated heterocycles. The van der Waals surface area contributed by atoms with E-state index in [0.717, 1.165) is 31.5 Å². The fraction of sp³-hybridized carbons (Fsp3) is 0.600. The van der Waals surface area contributed by atoms with E-state index in [1.54, 1.807) is 6.07 Å². The monoisotopic (exact) mass is 318 g/mol. The average Bonchev–Trinajstić information content (AvgIpc) is 2.91. The number of thioether (sulfide) groups is 1. The Bertz CT molecular complexity index is 445. The molecule has 2 nitrogen and oxygen atoms in total. The second-order valence-electron chi connectivity index (χ2n) is 5.43. The van der Waals surface area contributed by atoms with E-state index in [-0.39, 0.29) is 0 Å². The van der Waals surface area contributed by atoms with Gasteiger partial charge in [-0.15, -0.1) is 11.8 Å². The molecule has 1 aromatic rings. The lowest BCUT2D eigenvalue weighted by Gasteiger charge is -2.20. The van der Waals surface area contributed by atoms with Gasteiger partial charge in [0.05, 0.1) is 5.56 Å². The Morgan fingerprint density at radius 2 is 2.19 bits per heavy atom. The van der Waals surface area contributed by atoms with Gasteiger partial charge in [-0.1, -0.05) is 6.07 Å². The zero-order valence-corrected chi connectivity index (χ0v) is 12.9. The normalized spacial score (nSPS) is 19.4. The van der Waals surface area contributed by atoms with Crippen molar-refractivity contribution in [2.24, 2.45) is 0 Å². The number of nitrogens with zero attached hydrogens (tertiary/aromatic N) is 1. The number of hydrogen-bond donors (Lipinski definition) is 1. The molecule has 1 N–H and O–H groups in total. The predicted molar refractivity (Wildman–Crippen MR) is 80.7 cm³/mol. The number of benzene rings is 1. The lowest BCUT2D eigenvalue weighted by atomic mass is 10.2. The third-order valence-electron chi connectivity index (χ3n) is 3.60. The van der Waals surface area contributed by atoms with Crippen molar-refractivity contribution in [2.45, 2.75) is 30.0 Å². The van der Waals surface area contributed by atoms with Crippen LogP contribution in [-0.4, -0.2) is 43.4 Å². The molecule has 1 aliphatic heterocycles. The first-order valence-electron chi connectivity index (χ1n) is 7.17. The minimum atomic E-state index is -4.26. The van der Waals surface area contributed by atoms with Crippen molar-refractivity contribution < 1.29 is 13.2 Å². The topological polar surface area (TPSA) is 15.3 Å². The van der Waals surface area contributed by atoms with E-state index in [4.69, 9.17) is 0 Å². The molecule has 0 aromatic heterocycles. The molecule has 1 atom stereocenters. The summed E-state index contributed by atoms with van der Waals surface area (Å²) < 4.78 is 37.9. The molecule has 1 unspecified atom stereocenters. The van der Waals surface area contributed by atoms with Crippen LogP contribution in [0.1, 0.15) is 18.4 Å². The molecular formula is C15H21F3N2S. The second-order valence-corrected chi connectivity index (χ2v) is 6.60. The van der Waals surface area contributed by atoms with Gasteiger partial charge in [-0.3, -0.25) is 0 Å². The van der Waals surface area contributed by atoms with Crippen LogP contribution >= 0.6 is 11.8 Å². The van der Waals surface area contributed by atoms with Gasteiger partial charge < -0.3 is 10.2 Å². The number of nitrogens with one attached hydrogen (secondary N) is 1. The van der Waals surface area contributed by atoms with Gasteiger partial charge >= 0.3 is 6.18 Å². The summed E-state index contributed by atoms with van der Waals surface area (Å²) in [5.41, 5.74) is -0.573. The van der Waals surface area contributed by atoms with Crippen LogP contribution in [0.2, 0.25) is 0 Å². The Morgan fingerprint density at radius 1 is 1.38 bits per heavy atom. The van der Waals surface area contributed by atoms with Crippen LogP contribution < -0.4 is 5.32 Å². The van der Waals surface area contributed by atoms with E-state index in [9.17, 15) is 13.2 Å². The van der Waals surface area contributed by atoms with Crippen molar-refractivity contribution in [1.82, 2.24) is 10.2 Å². The first kappa shape index (κ1) is 16.6. The SMILES string of the molecule is CN(CCSc1cccc(C(F)(F)F)c1)CC1CCCN1. The maximum Gasteiger partial charge on any atom is 0.416 e. The largest absolute Gasteiger partial charge is 0.416 e. The molecule has 1 fully saturated rings. The standard InChI is InChI=1S/C15H21F3N2S/c1-20(11-13-5-3-7-19-13)8-9-21-14-6-2-4-12(10-14)15(16,17)18/h2,4,6,10,13,19H,3,5,7-9,11H2,1H3. The van der Waals surface area contributed by atoms with E-state index in [1.807, 2.05) is 0 Å². The van der Waals surface area contributed by atoms with Crippen molar-refractivity contribution in [2.75, 3.05) is 32.4 Å². The minimum Gasteiger partial charge on any atom is -0.313 e. The summed E-state index contributed by atoms with van der Waals surface area (Å²) >= 11 is 1.47. The van der Waals surface area contributed by atoms with Crippen LogP contribution in [0.15, 0.2) is 29.2 Å². The van der Waals surface area contributed by atoms with Crippen molar-refractivity contribution >= 4 is 11.8 Å². The quantitative estimate of drug-likeness (QED) is 0.809. The Hall–Kier alpha value is -0.720. The Morgan fingerprint density at radius 3 is 2.86 bits per heavy atom. The molecule has 1 aliphatic rings. The Balaban J connectivity index is 1.75. The molecule has 0 bridgehead atoms. The van der Waals surface area contributed by atoms with Crippen LogP contribution in [-0.2, 0) is 6.18 Å². The van der Waals surface area contributed by atoms with Crippen LogP contribution in [0.25, 0.3) is 0 Å². The molecule has 0 radical (unpaired) electrons. The Labute approximate surface area is 128 Å². The third kappa shape index (κ3) is 5.52. The van der Waals surface area contributed by atoms with Crippen LogP contribution in [0.3, 0.4) is 0 Å². The number of hydrogen-bond acceptors (Lipinski definition) is 3. The number of rotatable bonds is 6. The van der Waals surface area contributed by atoms with E-state index in [2.05, 4.69) is 17.3 Å². The van der Waals surface area contributed by atoms with Gasteiger partial charge in [0.25, 0.3) is 0 Å². The zero-order chi connectivity index (χ0) is 15.3. The predicted octanol–water partition coefficient (Wildman–Crippen LogP) is 3.48. The number of halogens is 3. The maximum atomic E-state index is 12.6. The molecule has 0 amide bonds.